The summed E-state index contributed by atoms with van der Waals surface area (Å²) in [5.41, 5.74) is 2.11. The third-order valence-electron chi connectivity index (χ3n) is 12.8. The number of fused-ring (bicyclic) bond motifs is 2. The fourth-order valence-electron chi connectivity index (χ4n) is 9.70. The van der Waals surface area contributed by atoms with Gasteiger partial charge in [0.25, 0.3) is 0 Å². The number of hydrogen-bond acceptors (Lipinski definition) is 9. The number of likely N-dealkylation sites (N-methyl/N-ethyl adjacent to an activating group) is 1. The smallest absolute Gasteiger partial charge is 0.412 e. The molecule has 6 atom stereocenters. The molecule has 6 unspecified atom stereocenters. The lowest BCUT2D eigenvalue weighted by Crippen LogP contribution is -2.69. The maximum Gasteiger partial charge on any atom is 0.412 e. The predicted octanol–water partition coefficient (Wildman–Crippen LogP) is 10.00. The van der Waals surface area contributed by atoms with Crippen molar-refractivity contribution in [2.75, 3.05) is 33.4 Å². The van der Waals surface area contributed by atoms with E-state index in [1.54, 1.807) is 12.1 Å². The highest BCUT2D eigenvalue weighted by Gasteiger charge is 2.65. The van der Waals surface area contributed by atoms with Crippen LogP contribution in [0.3, 0.4) is 0 Å². The molecule has 60 heavy (non-hydrogen) atoms. The zero-order valence-electron chi connectivity index (χ0n) is 37.6. The van der Waals surface area contributed by atoms with Gasteiger partial charge in [-0.3, -0.25) is 4.79 Å². The van der Waals surface area contributed by atoms with Gasteiger partial charge in [-0.1, -0.05) is 94.9 Å². The van der Waals surface area contributed by atoms with Gasteiger partial charge in [0.2, 0.25) is 11.7 Å². The Morgan fingerprint density at radius 3 is 2.27 bits per heavy atom. The number of hydrogen-bond donors (Lipinski definition) is 3. The number of aliphatic hydroxyl groups is 2. The molecule has 1 aromatic carbocycles. The van der Waals surface area contributed by atoms with Crippen LogP contribution in [0.25, 0.3) is 0 Å². The minimum absolute atomic E-state index is 0.0225. The van der Waals surface area contributed by atoms with Crippen LogP contribution in [0, 0.1) is 23.7 Å². The summed E-state index contributed by atoms with van der Waals surface area (Å²) in [4.78, 5) is 35.2. The average Bonchev–Trinajstić information content (AvgIpc) is 4.08. The number of nitrogens with zero attached hydrogens (tertiary/aromatic N) is 2. The number of aliphatic hydroxyl groups excluding tert-OH is 2. The van der Waals surface area contributed by atoms with Crippen molar-refractivity contribution in [2.45, 2.75) is 173 Å². The molecule has 1 aliphatic heterocycles. The molecule has 0 saturated heterocycles. The lowest BCUT2D eigenvalue weighted by atomic mass is 9.55. The molecule has 3 aliphatic carbocycles. The van der Waals surface area contributed by atoms with E-state index in [-0.39, 0.29) is 49.4 Å². The van der Waals surface area contributed by atoms with E-state index in [2.05, 4.69) is 24.9 Å². The van der Waals surface area contributed by atoms with E-state index in [4.69, 9.17) is 24.2 Å². The van der Waals surface area contributed by atoms with Crippen molar-refractivity contribution in [3.63, 3.8) is 0 Å². The van der Waals surface area contributed by atoms with Crippen molar-refractivity contribution in [2.24, 2.45) is 28.8 Å². The third kappa shape index (κ3) is 12.6. The largest absolute Gasteiger partial charge is 0.459 e. The summed E-state index contributed by atoms with van der Waals surface area (Å²) in [5, 5.41) is 27.6. The molecule has 1 heterocycles. The Morgan fingerprint density at radius 2 is 1.63 bits per heavy atom. The molecule has 2 fully saturated rings. The number of benzene rings is 1. The van der Waals surface area contributed by atoms with Crippen LogP contribution in [0.15, 0.2) is 47.7 Å². The molecule has 0 aromatic heterocycles. The second-order valence-electron chi connectivity index (χ2n) is 18.7. The molecule has 3 N–H and O–H groups in total. The van der Waals surface area contributed by atoms with Gasteiger partial charge in [-0.2, -0.15) is 0 Å². The van der Waals surface area contributed by atoms with E-state index in [0.717, 1.165) is 68.2 Å². The van der Waals surface area contributed by atoms with Crippen LogP contribution in [0.5, 0.6) is 11.5 Å². The fraction of sp³-hybridized carbons (Fsp3) is 0.735. The van der Waals surface area contributed by atoms with Gasteiger partial charge in [0.05, 0.1) is 18.2 Å². The summed E-state index contributed by atoms with van der Waals surface area (Å²) >= 11 is 0. The maximum atomic E-state index is 14.0. The summed E-state index contributed by atoms with van der Waals surface area (Å²) in [6, 6.07) is 5.07. The van der Waals surface area contributed by atoms with Gasteiger partial charge in [-0.05, 0) is 101 Å². The minimum Gasteiger partial charge on any atom is -0.459 e. The Hall–Kier alpha value is -3.41. The van der Waals surface area contributed by atoms with E-state index in [0.29, 0.717) is 37.3 Å². The van der Waals surface area contributed by atoms with Gasteiger partial charge < -0.3 is 39.5 Å². The first kappa shape index (κ1) is 47.6. The van der Waals surface area contributed by atoms with E-state index >= 15 is 0 Å². The molecule has 2 saturated carbocycles. The van der Waals surface area contributed by atoms with Crippen molar-refractivity contribution in [3.05, 3.63) is 48.1 Å². The van der Waals surface area contributed by atoms with Crippen LogP contribution in [0.1, 0.15) is 161 Å². The zero-order chi connectivity index (χ0) is 43.1. The van der Waals surface area contributed by atoms with Gasteiger partial charge in [-0.15, -0.1) is 6.58 Å². The normalized spacial score (nSPS) is 25.1. The number of ether oxygens (including phenoxy) is 3. The lowest BCUT2D eigenvalue weighted by Gasteiger charge is -2.59. The summed E-state index contributed by atoms with van der Waals surface area (Å²) < 4.78 is 20.2. The number of nitrogens with one attached hydrogen (secondary N) is 1. The summed E-state index contributed by atoms with van der Waals surface area (Å²) in [6.45, 7) is 13.2. The van der Waals surface area contributed by atoms with Crippen molar-refractivity contribution in [1.82, 2.24) is 10.2 Å². The van der Waals surface area contributed by atoms with Crippen molar-refractivity contribution in [3.8, 4) is 11.5 Å². The van der Waals surface area contributed by atoms with Gasteiger partial charge in [0, 0.05) is 50.6 Å². The Kier molecular flexibility index (Phi) is 18.4. The molecule has 0 radical (unpaired) electrons. The minimum atomic E-state index is -1.29. The van der Waals surface area contributed by atoms with Crippen LogP contribution in [0.2, 0.25) is 0 Å². The summed E-state index contributed by atoms with van der Waals surface area (Å²) in [7, 11) is 1.86. The highest BCUT2D eigenvalue weighted by molar-refractivity contribution is 6.03. The van der Waals surface area contributed by atoms with Crippen molar-refractivity contribution < 1.29 is 38.9 Å². The molecule has 0 spiro atoms. The molecule has 2 amide bonds. The molecule has 5 rings (SSSR count). The van der Waals surface area contributed by atoms with E-state index in [1.165, 1.54) is 51.4 Å². The zero-order valence-corrected chi connectivity index (χ0v) is 37.6. The van der Waals surface area contributed by atoms with E-state index in [9.17, 15) is 19.8 Å². The number of rotatable bonds is 26. The third-order valence-corrected chi connectivity index (χ3v) is 12.8. The highest BCUT2D eigenvalue weighted by Crippen LogP contribution is 2.62. The maximum absolute atomic E-state index is 14.0. The van der Waals surface area contributed by atoms with Gasteiger partial charge in [0.15, 0.2) is 0 Å². The summed E-state index contributed by atoms with van der Waals surface area (Å²) in [5.74, 6) is -0.611. The second-order valence-corrected chi connectivity index (χ2v) is 18.7. The standard InChI is InChI=1S/C49H77N3O8/c1-7-9-10-11-12-13-14-15-16-19-28-50-47(56)58-37-26-27-42-40(33-37)44-38(23-18-21-30-54)36(22-17-20-29-53)32-39-41(51-60-48(3,4)5)34-43(52(6)46(55)35-24-25-35)49(59-42,45(39)44)57-31-8-2/h8,26-27,32-33,35-36,38,43-45,53-54H,2,7,9-25,28-31,34H2,1,3-6H3,(H,50,56). The van der Waals surface area contributed by atoms with Crippen molar-refractivity contribution >= 4 is 17.7 Å². The quantitative estimate of drug-likeness (QED) is 0.0476. The SMILES string of the molecule is C=CCOC12Oc3ccc(OC(=O)NCCCCCCCCCCCC)cc3C3C(CCCCO)C(CCCCO)C=C(C(=NOC(C)(C)C)CC1N(C)C(=O)C1CC1)C32. The number of amides is 2. The molecular formula is C49H77N3O8. The van der Waals surface area contributed by atoms with Gasteiger partial charge in [-0.25, -0.2) is 4.79 Å². The summed E-state index contributed by atoms with van der Waals surface area (Å²) in [6.07, 6.45) is 22.6. The molecule has 336 valence electrons. The van der Waals surface area contributed by atoms with Crippen LogP contribution in [-0.2, 0) is 14.4 Å². The fourth-order valence-corrected chi connectivity index (χ4v) is 9.70. The first-order chi connectivity index (χ1) is 29.0. The molecule has 4 aliphatic rings. The molecule has 11 heteroatoms. The van der Waals surface area contributed by atoms with Gasteiger partial charge >= 0.3 is 6.09 Å². The number of carbonyl (C=O) groups excluding carboxylic acids is 2. The van der Waals surface area contributed by atoms with E-state index < -0.39 is 29.4 Å². The highest BCUT2D eigenvalue weighted by atomic mass is 16.7. The number of allylic oxidation sites excluding steroid dienone is 1. The molecule has 11 nitrogen and oxygen atoms in total. The van der Waals surface area contributed by atoms with Gasteiger partial charge in [0.1, 0.15) is 23.1 Å². The van der Waals surface area contributed by atoms with Crippen LogP contribution in [-0.4, -0.2) is 83.7 Å². The monoisotopic (exact) mass is 836 g/mol. The van der Waals surface area contributed by atoms with Crippen molar-refractivity contribution in [1.29, 1.82) is 0 Å². The number of oxime groups is 1. The molecule has 0 bridgehead atoms. The first-order valence-corrected chi connectivity index (χ1v) is 23.5. The topological polar surface area (TPSA) is 139 Å². The Bertz CT molecular complexity index is 1600. The number of carbonyl (C=O) groups is 2. The first-order valence-electron chi connectivity index (χ1n) is 23.5. The Labute approximate surface area is 360 Å². The van der Waals surface area contributed by atoms with Crippen LogP contribution < -0.4 is 14.8 Å². The average molecular weight is 836 g/mol. The van der Waals surface area contributed by atoms with Crippen LogP contribution >= 0.6 is 0 Å². The molecule has 1 aromatic rings. The van der Waals surface area contributed by atoms with Crippen LogP contribution in [0.4, 0.5) is 4.79 Å². The Morgan fingerprint density at radius 1 is 0.967 bits per heavy atom. The lowest BCUT2D eigenvalue weighted by molar-refractivity contribution is -0.256. The van der Waals surface area contributed by atoms with E-state index in [1.807, 2.05) is 44.9 Å². The number of unbranched alkanes of at least 4 members (excludes halogenated alkanes) is 11. The second kappa shape index (κ2) is 23.2. The predicted molar refractivity (Wildman–Crippen MR) is 237 cm³/mol. The molecular weight excluding hydrogens is 759 g/mol. The Balaban J connectivity index is 1.49.